The van der Waals surface area contributed by atoms with Crippen LogP contribution < -0.4 is 0 Å². The second kappa shape index (κ2) is 5.76. The van der Waals surface area contributed by atoms with E-state index < -0.39 is 17.6 Å². The zero-order valence-corrected chi connectivity index (χ0v) is 11.3. The van der Waals surface area contributed by atoms with Gasteiger partial charge < -0.3 is 21.8 Å². The van der Waals surface area contributed by atoms with Crippen LogP contribution in [0.25, 0.3) is 0 Å². The fourth-order valence-corrected chi connectivity index (χ4v) is 5.11. The molecular formula is C7H18O5Si2. The molecule has 7 heteroatoms. The highest BCUT2D eigenvalue weighted by Crippen LogP contribution is 2.17. The predicted molar refractivity (Wildman–Crippen MR) is 56.7 cm³/mol. The van der Waals surface area contributed by atoms with E-state index >= 15 is 0 Å². The third kappa shape index (κ3) is 3.28. The fraction of sp³-hybridized carbons (Fsp3) is 0.714. The quantitative estimate of drug-likeness (QED) is 0.615. The van der Waals surface area contributed by atoms with Gasteiger partial charge in [-0.05, 0) is 6.55 Å². The maximum absolute atomic E-state index is 5.64. The fourth-order valence-electron chi connectivity index (χ4n) is 0.790. The average Bonchev–Trinajstić information content (AvgIpc) is 2.26. The predicted octanol–water partition coefficient (Wildman–Crippen LogP) is 0.821. The van der Waals surface area contributed by atoms with Crippen LogP contribution in [0.4, 0.5) is 0 Å². The molecule has 0 rings (SSSR count). The maximum Gasteiger partial charge on any atom is 0.670 e. The maximum atomic E-state index is 5.64. The van der Waals surface area contributed by atoms with Gasteiger partial charge in [0.15, 0.2) is 0 Å². The number of hydrogen-bond acceptors (Lipinski definition) is 5. The topological polar surface area (TPSA) is 46.2 Å². The van der Waals surface area contributed by atoms with Gasteiger partial charge in [-0.3, -0.25) is 0 Å². The number of rotatable bonds is 7. The van der Waals surface area contributed by atoms with Gasteiger partial charge in [0, 0.05) is 28.4 Å². The molecule has 0 spiro atoms. The molecule has 0 aliphatic heterocycles. The first-order chi connectivity index (χ1) is 6.51. The first-order valence-corrected chi connectivity index (χ1v) is 8.08. The molecule has 1 unspecified atom stereocenters. The molecule has 1 atom stereocenters. The Balaban J connectivity index is 4.64. The van der Waals surface area contributed by atoms with Crippen molar-refractivity contribution < 1.29 is 21.8 Å². The van der Waals surface area contributed by atoms with Crippen LogP contribution in [0.5, 0.6) is 0 Å². The van der Waals surface area contributed by atoms with Crippen LogP contribution in [-0.4, -0.2) is 46.0 Å². The lowest BCUT2D eigenvalue weighted by Crippen LogP contribution is -2.55. The smallest absolute Gasteiger partial charge is 0.395 e. The first-order valence-electron chi connectivity index (χ1n) is 4.05. The lowest BCUT2D eigenvalue weighted by molar-refractivity contribution is 0.0389. The van der Waals surface area contributed by atoms with Crippen molar-refractivity contribution in [3.8, 4) is 0 Å². The summed E-state index contributed by atoms with van der Waals surface area (Å²) in [5.74, 6) is 0. The monoisotopic (exact) mass is 238 g/mol. The normalized spacial score (nSPS) is 16.4. The molecule has 0 saturated heterocycles. The summed E-state index contributed by atoms with van der Waals surface area (Å²) in [6, 6.07) is 0. The summed E-state index contributed by atoms with van der Waals surface area (Å²) in [5, 5.41) is 0. The van der Waals surface area contributed by atoms with Crippen LogP contribution in [-0.2, 0) is 21.8 Å². The van der Waals surface area contributed by atoms with Crippen molar-refractivity contribution in [2.75, 3.05) is 28.4 Å². The summed E-state index contributed by atoms with van der Waals surface area (Å²) >= 11 is 0. The van der Waals surface area contributed by atoms with Crippen LogP contribution in [0.3, 0.4) is 0 Å². The SMILES string of the molecule is C=C[Si](C)(OC)O[Si](OC)(OC)OC. The lowest BCUT2D eigenvalue weighted by atomic mass is 11.3. The lowest BCUT2D eigenvalue weighted by Gasteiger charge is -2.30. The molecule has 0 fully saturated rings. The molecule has 0 saturated carbocycles. The highest BCUT2D eigenvalue weighted by molar-refractivity contribution is 6.78. The van der Waals surface area contributed by atoms with E-state index in [9.17, 15) is 0 Å². The van der Waals surface area contributed by atoms with Crippen molar-refractivity contribution in [3.63, 3.8) is 0 Å². The Morgan fingerprint density at radius 2 is 1.36 bits per heavy atom. The second-order valence-corrected chi connectivity index (χ2v) is 8.53. The van der Waals surface area contributed by atoms with Crippen molar-refractivity contribution in [1.29, 1.82) is 0 Å². The summed E-state index contributed by atoms with van der Waals surface area (Å²) < 4.78 is 26.2. The van der Waals surface area contributed by atoms with Crippen LogP contribution in [0, 0.1) is 0 Å². The van der Waals surface area contributed by atoms with E-state index in [1.54, 1.807) is 12.8 Å². The molecule has 84 valence electrons. The van der Waals surface area contributed by atoms with E-state index in [0.29, 0.717) is 0 Å². The van der Waals surface area contributed by atoms with Gasteiger partial charge in [-0.25, -0.2) is 0 Å². The number of hydrogen-bond donors (Lipinski definition) is 0. The Kier molecular flexibility index (Phi) is 5.75. The third-order valence-electron chi connectivity index (χ3n) is 1.85. The molecule has 0 aliphatic rings. The van der Waals surface area contributed by atoms with E-state index in [0.717, 1.165) is 0 Å². The molecule has 0 aromatic carbocycles. The minimum absolute atomic E-state index is 1.48. The second-order valence-electron chi connectivity index (χ2n) is 2.64. The van der Waals surface area contributed by atoms with Crippen LogP contribution in [0.15, 0.2) is 12.3 Å². The van der Waals surface area contributed by atoms with Gasteiger partial charge in [0.25, 0.3) is 0 Å². The summed E-state index contributed by atoms with van der Waals surface area (Å²) in [6.07, 6.45) is 0. The molecule has 5 nitrogen and oxygen atoms in total. The van der Waals surface area contributed by atoms with Gasteiger partial charge in [-0.1, -0.05) is 5.70 Å². The van der Waals surface area contributed by atoms with E-state index in [1.807, 2.05) is 6.55 Å². The molecule has 0 amide bonds. The Hall–Kier alpha value is -0.0262. The standard InChI is InChI=1S/C7H18O5Si2/c1-7-13(6,8-2)12-14(9-3,10-4)11-5/h7H,1H2,2-6H3. The Labute approximate surface area is 87.3 Å². The molecule has 0 radical (unpaired) electrons. The highest BCUT2D eigenvalue weighted by atomic mass is 28.5. The van der Waals surface area contributed by atoms with Crippen molar-refractivity contribution in [3.05, 3.63) is 12.3 Å². The highest BCUT2D eigenvalue weighted by Gasteiger charge is 2.49. The largest absolute Gasteiger partial charge is 0.670 e. The first kappa shape index (κ1) is 14.0. The average molecular weight is 238 g/mol. The van der Waals surface area contributed by atoms with Gasteiger partial charge in [0.05, 0.1) is 0 Å². The van der Waals surface area contributed by atoms with Gasteiger partial charge in [0.2, 0.25) is 0 Å². The Morgan fingerprint density at radius 1 is 0.929 bits per heavy atom. The minimum atomic E-state index is -3.03. The summed E-state index contributed by atoms with van der Waals surface area (Å²) in [6.45, 7) is 5.49. The third-order valence-corrected chi connectivity index (χ3v) is 7.53. The van der Waals surface area contributed by atoms with Gasteiger partial charge in [0.1, 0.15) is 0 Å². The zero-order chi connectivity index (χ0) is 11.2. The van der Waals surface area contributed by atoms with Crippen LogP contribution in [0.1, 0.15) is 0 Å². The molecular weight excluding hydrogens is 220 g/mol. The van der Waals surface area contributed by atoms with Crippen LogP contribution in [0.2, 0.25) is 6.55 Å². The Bertz CT molecular complexity index is 177. The van der Waals surface area contributed by atoms with Gasteiger partial charge in [-0.2, -0.15) is 0 Å². The summed E-state index contributed by atoms with van der Waals surface area (Å²) in [7, 11) is 0.526. The molecule has 0 aromatic heterocycles. The van der Waals surface area contributed by atoms with Crippen molar-refractivity contribution in [1.82, 2.24) is 0 Å². The molecule has 0 aliphatic carbocycles. The van der Waals surface area contributed by atoms with Crippen molar-refractivity contribution >= 4 is 17.6 Å². The van der Waals surface area contributed by atoms with E-state index in [1.165, 1.54) is 21.3 Å². The molecule has 0 N–H and O–H groups in total. The molecule has 0 bridgehead atoms. The minimum Gasteiger partial charge on any atom is -0.395 e. The molecule has 14 heavy (non-hydrogen) atoms. The van der Waals surface area contributed by atoms with Gasteiger partial charge >= 0.3 is 17.6 Å². The zero-order valence-electron chi connectivity index (χ0n) is 9.33. The van der Waals surface area contributed by atoms with Crippen molar-refractivity contribution in [2.24, 2.45) is 0 Å². The van der Waals surface area contributed by atoms with E-state index in [-0.39, 0.29) is 0 Å². The summed E-state index contributed by atoms with van der Waals surface area (Å²) in [5.41, 5.74) is 1.64. The summed E-state index contributed by atoms with van der Waals surface area (Å²) in [4.78, 5) is 0. The molecule has 0 aromatic rings. The van der Waals surface area contributed by atoms with E-state index in [2.05, 4.69) is 6.58 Å². The Morgan fingerprint density at radius 3 is 1.57 bits per heavy atom. The van der Waals surface area contributed by atoms with Crippen LogP contribution >= 0.6 is 0 Å². The van der Waals surface area contributed by atoms with Crippen molar-refractivity contribution in [2.45, 2.75) is 6.55 Å². The van der Waals surface area contributed by atoms with Gasteiger partial charge in [-0.15, -0.1) is 6.58 Å². The van der Waals surface area contributed by atoms with E-state index in [4.69, 9.17) is 21.8 Å². The molecule has 0 heterocycles.